The minimum atomic E-state index is 0.766. The number of aromatic nitrogens is 2. The van der Waals surface area contributed by atoms with E-state index in [0.717, 1.165) is 29.8 Å². The number of unbranched alkanes of at least 4 members (excludes halogenated alkanes) is 2. The van der Waals surface area contributed by atoms with Gasteiger partial charge in [-0.15, -0.1) is 11.6 Å². The largest absolute Gasteiger partial charge is 0.350 e. The molecule has 0 aromatic carbocycles. The van der Waals surface area contributed by atoms with Crippen molar-refractivity contribution >= 4 is 28.3 Å². The van der Waals surface area contributed by atoms with E-state index in [1.165, 1.54) is 24.4 Å². The minimum Gasteiger partial charge on any atom is -0.350 e. The zero-order chi connectivity index (χ0) is 10.4. The van der Waals surface area contributed by atoms with Crippen LogP contribution in [-0.4, -0.2) is 28.8 Å². The van der Waals surface area contributed by atoms with E-state index in [1.54, 1.807) is 0 Å². The Morgan fingerprint density at radius 1 is 1.36 bits per heavy atom. The lowest BCUT2D eigenvalue weighted by atomic mass is 10.2. The summed E-state index contributed by atoms with van der Waals surface area (Å²) in [4.78, 5) is 6.47. The van der Waals surface area contributed by atoms with Gasteiger partial charge < -0.3 is 4.90 Å². The molecule has 3 nitrogen and oxygen atoms in total. The number of hydrogen-bond acceptors (Lipinski definition) is 4. The molecule has 0 spiro atoms. The molecule has 1 rings (SSSR count). The number of rotatable bonds is 6. The molecule has 1 heterocycles. The highest BCUT2D eigenvalue weighted by Crippen LogP contribution is 2.15. The van der Waals surface area contributed by atoms with Crippen molar-refractivity contribution in [2.45, 2.75) is 26.2 Å². The van der Waals surface area contributed by atoms with Crippen LogP contribution >= 0.6 is 23.1 Å². The molecular formula is C9H16ClN3S. The molecule has 80 valence electrons. The summed E-state index contributed by atoms with van der Waals surface area (Å²) < 4.78 is 4.15. The lowest BCUT2D eigenvalue weighted by Crippen LogP contribution is -2.18. The zero-order valence-corrected chi connectivity index (χ0v) is 10.2. The van der Waals surface area contributed by atoms with E-state index in [-0.39, 0.29) is 0 Å². The first kappa shape index (κ1) is 11.7. The second-order valence-corrected chi connectivity index (χ2v) is 4.40. The summed E-state index contributed by atoms with van der Waals surface area (Å²) in [5.41, 5.74) is 0. The van der Waals surface area contributed by atoms with Crippen LogP contribution in [0.1, 0.15) is 25.1 Å². The number of halogens is 1. The number of alkyl halides is 1. The Morgan fingerprint density at radius 2 is 2.14 bits per heavy atom. The van der Waals surface area contributed by atoms with Gasteiger partial charge in [-0.05, 0) is 19.8 Å². The van der Waals surface area contributed by atoms with Crippen molar-refractivity contribution in [2.75, 3.05) is 24.4 Å². The topological polar surface area (TPSA) is 29.0 Å². The summed E-state index contributed by atoms with van der Waals surface area (Å²) >= 11 is 7.06. The minimum absolute atomic E-state index is 0.766. The Labute approximate surface area is 94.3 Å². The van der Waals surface area contributed by atoms with Gasteiger partial charge in [0, 0.05) is 31.0 Å². The summed E-state index contributed by atoms with van der Waals surface area (Å²) in [5.74, 6) is 1.62. The fourth-order valence-electron chi connectivity index (χ4n) is 1.16. The monoisotopic (exact) mass is 233 g/mol. The second kappa shape index (κ2) is 6.19. The predicted molar refractivity (Wildman–Crippen MR) is 62.5 cm³/mol. The second-order valence-electron chi connectivity index (χ2n) is 3.30. The third-order valence-corrected chi connectivity index (χ3v) is 3.16. The molecule has 14 heavy (non-hydrogen) atoms. The van der Waals surface area contributed by atoms with E-state index >= 15 is 0 Å². The smallest absolute Gasteiger partial charge is 0.204 e. The zero-order valence-electron chi connectivity index (χ0n) is 8.66. The molecule has 0 radical (unpaired) electrons. The van der Waals surface area contributed by atoms with Gasteiger partial charge in [-0.3, -0.25) is 0 Å². The fraction of sp³-hybridized carbons (Fsp3) is 0.778. The molecule has 0 aliphatic heterocycles. The first-order valence-electron chi connectivity index (χ1n) is 4.81. The van der Waals surface area contributed by atoms with Crippen LogP contribution in [0.5, 0.6) is 0 Å². The van der Waals surface area contributed by atoms with E-state index < -0.39 is 0 Å². The van der Waals surface area contributed by atoms with Gasteiger partial charge in [0.25, 0.3) is 0 Å². The van der Waals surface area contributed by atoms with E-state index in [9.17, 15) is 0 Å². The average molecular weight is 234 g/mol. The molecule has 5 heteroatoms. The van der Waals surface area contributed by atoms with Gasteiger partial charge in [-0.25, -0.2) is 4.98 Å². The van der Waals surface area contributed by atoms with Crippen molar-refractivity contribution in [1.29, 1.82) is 0 Å². The molecular weight excluding hydrogens is 218 g/mol. The van der Waals surface area contributed by atoms with Crippen molar-refractivity contribution in [1.82, 2.24) is 9.36 Å². The molecule has 0 atom stereocenters. The van der Waals surface area contributed by atoms with Crippen LogP contribution in [0.2, 0.25) is 0 Å². The molecule has 0 aliphatic rings. The summed E-state index contributed by atoms with van der Waals surface area (Å²) in [7, 11) is 2.06. The van der Waals surface area contributed by atoms with E-state index in [2.05, 4.69) is 21.3 Å². The summed E-state index contributed by atoms with van der Waals surface area (Å²) in [6.07, 6.45) is 3.46. The lowest BCUT2D eigenvalue weighted by molar-refractivity contribution is 0.706. The number of anilines is 1. The maximum absolute atomic E-state index is 5.60. The Balaban J connectivity index is 2.25. The van der Waals surface area contributed by atoms with Crippen molar-refractivity contribution in [3.63, 3.8) is 0 Å². The highest BCUT2D eigenvalue weighted by Gasteiger charge is 2.05. The third kappa shape index (κ3) is 3.80. The molecule has 0 saturated carbocycles. The SMILES string of the molecule is Cc1nsc(N(C)CCCCCCl)n1. The molecule has 0 saturated heterocycles. The van der Waals surface area contributed by atoms with Crippen LogP contribution < -0.4 is 4.90 Å². The van der Waals surface area contributed by atoms with Crippen molar-refractivity contribution in [2.24, 2.45) is 0 Å². The van der Waals surface area contributed by atoms with E-state index in [4.69, 9.17) is 11.6 Å². The highest BCUT2D eigenvalue weighted by atomic mass is 35.5. The molecule has 0 fully saturated rings. The van der Waals surface area contributed by atoms with Crippen molar-refractivity contribution in [3.05, 3.63) is 5.82 Å². The van der Waals surface area contributed by atoms with Crippen LogP contribution in [-0.2, 0) is 0 Å². The fourth-order valence-corrected chi connectivity index (χ4v) is 2.00. The lowest BCUT2D eigenvalue weighted by Gasteiger charge is -2.14. The molecule has 0 N–H and O–H groups in total. The molecule has 0 unspecified atom stereocenters. The highest BCUT2D eigenvalue weighted by molar-refractivity contribution is 7.09. The van der Waals surface area contributed by atoms with Crippen LogP contribution in [0, 0.1) is 6.92 Å². The van der Waals surface area contributed by atoms with Gasteiger partial charge in [-0.1, -0.05) is 6.42 Å². The quantitative estimate of drug-likeness (QED) is 0.559. The first-order valence-corrected chi connectivity index (χ1v) is 6.12. The Bertz CT molecular complexity index is 264. The van der Waals surface area contributed by atoms with Crippen LogP contribution in [0.25, 0.3) is 0 Å². The van der Waals surface area contributed by atoms with E-state index in [1.807, 2.05) is 6.92 Å². The molecule has 0 amide bonds. The van der Waals surface area contributed by atoms with Crippen molar-refractivity contribution in [3.8, 4) is 0 Å². The van der Waals surface area contributed by atoms with Gasteiger partial charge in [0.2, 0.25) is 5.13 Å². The Kier molecular flexibility index (Phi) is 5.19. The maximum atomic E-state index is 5.60. The Morgan fingerprint density at radius 3 is 2.71 bits per heavy atom. The van der Waals surface area contributed by atoms with Gasteiger partial charge in [-0.2, -0.15) is 4.37 Å². The Hall–Kier alpha value is -0.350. The van der Waals surface area contributed by atoms with Crippen LogP contribution in [0.3, 0.4) is 0 Å². The number of hydrogen-bond donors (Lipinski definition) is 0. The molecule has 0 bridgehead atoms. The molecule has 0 aliphatic carbocycles. The van der Waals surface area contributed by atoms with Crippen molar-refractivity contribution < 1.29 is 0 Å². The van der Waals surface area contributed by atoms with Gasteiger partial charge in [0.1, 0.15) is 5.82 Å². The summed E-state index contributed by atoms with van der Waals surface area (Å²) in [5, 5.41) is 1.01. The third-order valence-electron chi connectivity index (χ3n) is 1.97. The summed E-state index contributed by atoms with van der Waals surface area (Å²) in [6.45, 7) is 2.95. The molecule has 1 aromatic rings. The summed E-state index contributed by atoms with van der Waals surface area (Å²) in [6, 6.07) is 0. The van der Waals surface area contributed by atoms with Gasteiger partial charge in [0.15, 0.2) is 0 Å². The maximum Gasteiger partial charge on any atom is 0.204 e. The number of nitrogens with zero attached hydrogens (tertiary/aromatic N) is 3. The van der Waals surface area contributed by atoms with E-state index in [0.29, 0.717) is 0 Å². The van der Waals surface area contributed by atoms with Crippen LogP contribution in [0.4, 0.5) is 5.13 Å². The van der Waals surface area contributed by atoms with Gasteiger partial charge in [0.05, 0.1) is 0 Å². The standard InChI is InChI=1S/C9H16ClN3S/c1-8-11-9(14-12-8)13(2)7-5-3-4-6-10/h3-7H2,1-2H3. The normalized spacial score (nSPS) is 10.5. The van der Waals surface area contributed by atoms with Gasteiger partial charge >= 0.3 is 0 Å². The van der Waals surface area contributed by atoms with Crippen LogP contribution in [0.15, 0.2) is 0 Å². The first-order chi connectivity index (χ1) is 6.74. The predicted octanol–water partition coefficient (Wildman–Crippen LogP) is 2.69. The molecule has 1 aromatic heterocycles. The average Bonchev–Trinajstić information content (AvgIpc) is 2.59. The number of aryl methyl sites for hydroxylation is 1.